The summed E-state index contributed by atoms with van der Waals surface area (Å²) in [5.41, 5.74) is 1.93. The van der Waals surface area contributed by atoms with Crippen LogP contribution in [0.25, 0.3) is 22.8 Å². The van der Waals surface area contributed by atoms with E-state index in [-0.39, 0.29) is 11.4 Å². The summed E-state index contributed by atoms with van der Waals surface area (Å²) in [6.07, 6.45) is 3.26. The van der Waals surface area contributed by atoms with Crippen molar-refractivity contribution in [1.82, 2.24) is 19.9 Å². The molecule has 0 radical (unpaired) electrons. The Morgan fingerprint density at radius 3 is 1.45 bits per heavy atom. The molecule has 3 heterocycles. The predicted molar refractivity (Wildman–Crippen MR) is 77.9 cm³/mol. The Morgan fingerprint density at radius 2 is 1.14 bits per heavy atom. The zero-order chi connectivity index (χ0) is 15.4. The molecular formula is C16H8N6. The van der Waals surface area contributed by atoms with Crippen LogP contribution >= 0.6 is 0 Å². The van der Waals surface area contributed by atoms with Crippen LogP contribution in [0.3, 0.4) is 0 Å². The topological polar surface area (TPSA) is 99.1 Å². The second-order valence-corrected chi connectivity index (χ2v) is 4.27. The van der Waals surface area contributed by atoms with Crippen molar-refractivity contribution in [3.63, 3.8) is 0 Å². The van der Waals surface area contributed by atoms with Crippen molar-refractivity contribution in [1.29, 1.82) is 10.5 Å². The third-order valence-electron chi connectivity index (χ3n) is 2.92. The summed E-state index contributed by atoms with van der Waals surface area (Å²) in [6.45, 7) is 0. The van der Waals surface area contributed by atoms with E-state index >= 15 is 0 Å². The van der Waals surface area contributed by atoms with Gasteiger partial charge < -0.3 is 0 Å². The third-order valence-corrected chi connectivity index (χ3v) is 2.92. The molecule has 0 bridgehead atoms. The molecule has 0 aromatic carbocycles. The maximum Gasteiger partial charge on any atom is 0.177 e. The van der Waals surface area contributed by atoms with Gasteiger partial charge in [0.15, 0.2) is 11.4 Å². The maximum atomic E-state index is 9.14. The molecule has 3 aromatic heterocycles. The Morgan fingerprint density at radius 1 is 0.682 bits per heavy atom. The van der Waals surface area contributed by atoms with Crippen LogP contribution in [0.15, 0.2) is 48.8 Å². The first-order valence-electron chi connectivity index (χ1n) is 6.38. The highest BCUT2D eigenvalue weighted by atomic mass is 14.9. The van der Waals surface area contributed by atoms with Crippen molar-refractivity contribution in [2.24, 2.45) is 0 Å². The molecule has 0 N–H and O–H groups in total. The quantitative estimate of drug-likeness (QED) is 0.716. The highest BCUT2D eigenvalue weighted by molar-refractivity contribution is 5.74. The molecule has 102 valence electrons. The van der Waals surface area contributed by atoms with E-state index in [2.05, 4.69) is 19.9 Å². The van der Waals surface area contributed by atoms with Crippen molar-refractivity contribution in [2.45, 2.75) is 0 Å². The second-order valence-electron chi connectivity index (χ2n) is 4.27. The molecule has 0 fully saturated rings. The Bertz CT molecular complexity index is 815. The van der Waals surface area contributed by atoms with Gasteiger partial charge in [0.1, 0.15) is 23.5 Å². The summed E-state index contributed by atoms with van der Waals surface area (Å²) in [7, 11) is 0. The average Bonchev–Trinajstić information content (AvgIpc) is 2.62. The lowest BCUT2D eigenvalue weighted by atomic mass is 10.1. The third kappa shape index (κ3) is 2.37. The minimum absolute atomic E-state index is 0.0252. The first kappa shape index (κ1) is 13.3. The van der Waals surface area contributed by atoms with Gasteiger partial charge in [-0.05, 0) is 24.3 Å². The largest absolute Gasteiger partial charge is 0.255 e. The standard InChI is InChI=1S/C16H8N6/c17-9-13-14(10-18)22-16(12-6-2-4-8-20-12)15(21-13)11-5-1-3-7-19-11/h1-8H. The predicted octanol–water partition coefficient (Wildman–Crippen LogP) is 2.34. The molecular weight excluding hydrogens is 276 g/mol. The van der Waals surface area contributed by atoms with E-state index in [1.165, 1.54) is 0 Å². The highest BCUT2D eigenvalue weighted by Crippen LogP contribution is 2.27. The van der Waals surface area contributed by atoms with Crippen molar-refractivity contribution < 1.29 is 0 Å². The number of pyridine rings is 2. The van der Waals surface area contributed by atoms with Crippen molar-refractivity contribution in [3.8, 4) is 34.9 Å². The van der Waals surface area contributed by atoms with Gasteiger partial charge in [-0.3, -0.25) is 9.97 Å². The fraction of sp³-hybridized carbons (Fsp3) is 0. The molecule has 6 nitrogen and oxygen atoms in total. The lowest BCUT2D eigenvalue weighted by Crippen LogP contribution is -2.02. The average molecular weight is 284 g/mol. The number of aromatic nitrogens is 4. The smallest absolute Gasteiger partial charge is 0.177 e. The summed E-state index contributed by atoms with van der Waals surface area (Å²) in [5, 5.41) is 18.3. The van der Waals surface area contributed by atoms with Gasteiger partial charge in [-0.1, -0.05) is 12.1 Å². The van der Waals surface area contributed by atoms with Crippen molar-refractivity contribution in [3.05, 3.63) is 60.2 Å². The first-order chi connectivity index (χ1) is 10.8. The molecule has 0 saturated carbocycles. The van der Waals surface area contributed by atoms with Gasteiger partial charge in [-0.2, -0.15) is 10.5 Å². The van der Waals surface area contributed by atoms with Gasteiger partial charge in [0.05, 0.1) is 11.4 Å². The number of hydrogen-bond donors (Lipinski definition) is 0. The Labute approximate surface area is 126 Å². The molecule has 22 heavy (non-hydrogen) atoms. The van der Waals surface area contributed by atoms with E-state index in [1.807, 2.05) is 24.3 Å². The van der Waals surface area contributed by atoms with Gasteiger partial charge >= 0.3 is 0 Å². The van der Waals surface area contributed by atoms with Crippen LogP contribution < -0.4 is 0 Å². The maximum absolute atomic E-state index is 9.14. The van der Waals surface area contributed by atoms with Gasteiger partial charge in [0.2, 0.25) is 0 Å². The lowest BCUT2D eigenvalue weighted by Gasteiger charge is -2.08. The van der Waals surface area contributed by atoms with Crippen LogP contribution in [0.5, 0.6) is 0 Å². The van der Waals surface area contributed by atoms with Crippen molar-refractivity contribution >= 4 is 0 Å². The van der Waals surface area contributed by atoms with Crippen LogP contribution in [0.4, 0.5) is 0 Å². The minimum Gasteiger partial charge on any atom is -0.255 e. The van der Waals surface area contributed by atoms with E-state index < -0.39 is 0 Å². The van der Waals surface area contributed by atoms with E-state index in [4.69, 9.17) is 10.5 Å². The van der Waals surface area contributed by atoms with Gasteiger partial charge in [0, 0.05) is 12.4 Å². The minimum atomic E-state index is -0.0252. The molecule has 0 unspecified atom stereocenters. The van der Waals surface area contributed by atoms with E-state index in [0.29, 0.717) is 22.8 Å². The second kappa shape index (κ2) is 5.78. The number of nitrogens with zero attached hydrogens (tertiary/aromatic N) is 6. The molecule has 3 rings (SSSR count). The van der Waals surface area contributed by atoms with Crippen LogP contribution in [-0.2, 0) is 0 Å². The summed E-state index contributed by atoms with van der Waals surface area (Å²) in [4.78, 5) is 17.0. The van der Waals surface area contributed by atoms with Crippen LogP contribution in [0, 0.1) is 22.7 Å². The van der Waals surface area contributed by atoms with Crippen LogP contribution in [-0.4, -0.2) is 19.9 Å². The van der Waals surface area contributed by atoms with Gasteiger partial charge in [-0.25, -0.2) is 9.97 Å². The number of hydrogen-bond acceptors (Lipinski definition) is 6. The molecule has 0 spiro atoms. The Kier molecular flexibility index (Phi) is 3.51. The van der Waals surface area contributed by atoms with E-state index in [0.717, 1.165) is 0 Å². The summed E-state index contributed by atoms with van der Waals surface area (Å²) >= 11 is 0. The fourth-order valence-corrected chi connectivity index (χ4v) is 1.95. The van der Waals surface area contributed by atoms with E-state index in [9.17, 15) is 0 Å². The van der Waals surface area contributed by atoms with Gasteiger partial charge in [-0.15, -0.1) is 0 Å². The normalized spacial score (nSPS) is 9.73. The summed E-state index contributed by atoms with van der Waals surface area (Å²) in [5.74, 6) is 0. The monoisotopic (exact) mass is 284 g/mol. The molecule has 0 aliphatic rings. The van der Waals surface area contributed by atoms with Crippen LogP contribution in [0.1, 0.15) is 11.4 Å². The fourth-order valence-electron chi connectivity index (χ4n) is 1.95. The highest BCUT2D eigenvalue weighted by Gasteiger charge is 2.17. The van der Waals surface area contributed by atoms with Gasteiger partial charge in [0.25, 0.3) is 0 Å². The molecule has 3 aromatic rings. The Hall–Kier alpha value is -3.64. The molecule has 0 aliphatic heterocycles. The zero-order valence-electron chi connectivity index (χ0n) is 11.3. The molecule has 0 aliphatic carbocycles. The lowest BCUT2D eigenvalue weighted by molar-refractivity contribution is 1.11. The summed E-state index contributed by atoms with van der Waals surface area (Å²) < 4.78 is 0. The number of nitriles is 2. The molecule has 0 atom stereocenters. The zero-order valence-corrected chi connectivity index (χ0v) is 11.3. The SMILES string of the molecule is N#Cc1nc(-c2ccccn2)c(-c2ccccn2)nc1C#N. The number of rotatable bonds is 2. The molecule has 0 amide bonds. The summed E-state index contributed by atoms with van der Waals surface area (Å²) in [6, 6.07) is 14.5. The molecule has 0 saturated heterocycles. The first-order valence-corrected chi connectivity index (χ1v) is 6.38. The van der Waals surface area contributed by atoms with Crippen molar-refractivity contribution in [2.75, 3.05) is 0 Å². The van der Waals surface area contributed by atoms with Crippen LogP contribution in [0.2, 0.25) is 0 Å². The van der Waals surface area contributed by atoms with E-state index in [1.54, 1.807) is 36.7 Å². The Balaban J connectivity index is 2.32. The molecule has 6 heteroatoms.